The minimum absolute atomic E-state index is 0.0706. The Labute approximate surface area is 171 Å². The molecule has 0 saturated carbocycles. The van der Waals surface area contributed by atoms with E-state index >= 15 is 0 Å². The summed E-state index contributed by atoms with van der Waals surface area (Å²) in [5, 5.41) is 2.82. The number of methoxy groups -OCH3 is 1. The molecule has 1 aromatic rings. The highest BCUT2D eigenvalue weighted by molar-refractivity contribution is 5.88. The van der Waals surface area contributed by atoms with E-state index in [0.717, 1.165) is 26.1 Å². The van der Waals surface area contributed by atoms with Crippen LogP contribution in [0, 0.1) is 11.7 Å². The molecule has 3 rings (SSSR count). The number of piperazine rings is 1. The molecule has 2 aliphatic heterocycles. The fraction of sp³-hybridized carbons (Fsp3) is 0.619. The zero-order valence-corrected chi connectivity index (χ0v) is 17.2. The van der Waals surface area contributed by atoms with E-state index < -0.39 is 6.04 Å². The Hall–Kier alpha value is -2.19. The summed E-state index contributed by atoms with van der Waals surface area (Å²) in [6.45, 7) is 3.46. The van der Waals surface area contributed by atoms with E-state index in [0.29, 0.717) is 36.9 Å². The number of benzene rings is 1. The summed E-state index contributed by atoms with van der Waals surface area (Å²) in [6.07, 6.45) is 1.98. The summed E-state index contributed by atoms with van der Waals surface area (Å²) < 4.78 is 24.8. The average molecular weight is 407 g/mol. The lowest BCUT2D eigenvalue weighted by atomic mass is 9.99. The fourth-order valence-electron chi connectivity index (χ4n) is 3.91. The predicted molar refractivity (Wildman–Crippen MR) is 106 cm³/mol. The Kier molecular flexibility index (Phi) is 7.44. The number of amides is 2. The van der Waals surface area contributed by atoms with Gasteiger partial charge in [0.2, 0.25) is 11.8 Å². The first-order valence-corrected chi connectivity index (χ1v) is 10.1. The molecule has 0 spiro atoms. The molecule has 2 aliphatic rings. The van der Waals surface area contributed by atoms with E-state index in [1.165, 1.54) is 13.2 Å². The van der Waals surface area contributed by atoms with E-state index in [-0.39, 0.29) is 30.6 Å². The van der Waals surface area contributed by atoms with E-state index in [1.807, 2.05) is 4.90 Å². The van der Waals surface area contributed by atoms with Gasteiger partial charge in [0.25, 0.3) is 0 Å². The van der Waals surface area contributed by atoms with Crippen molar-refractivity contribution in [1.29, 1.82) is 0 Å². The first kappa shape index (κ1) is 21.5. The van der Waals surface area contributed by atoms with Crippen molar-refractivity contribution in [1.82, 2.24) is 15.1 Å². The fourth-order valence-corrected chi connectivity index (χ4v) is 3.91. The second kappa shape index (κ2) is 10.0. The molecule has 2 heterocycles. The van der Waals surface area contributed by atoms with Crippen molar-refractivity contribution in [3.8, 4) is 5.75 Å². The summed E-state index contributed by atoms with van der Waals surface area (Å²) in [5.74, 6) is 0.250. The van der Waals surface area contributed by atoms with Gasteiger partial charge in [0.05, 0.1) is 19.6 Å². The van der Waals surface area contributed by atoms with Crippen LogP contribution in [0.2, 0.25) is 0 Å². The van der Waals surface area contributed by atoms with Crippen molar-refractivity contribution in [2.24, 2.45) is 5.92 Å². The van der Waals surface area contributed by atoms with Crippen molar-refractivity contribution in [3.05, 3.63) is 29.6 Å². The van der Waals surface area contributed by atoms with Gasteiger partial charge in [-0.05, 0) is 24.8 Å². The highest BCUT2D eigenvalue weighted by atomic mass is 19.1. The topological polar surface area (TPSA) is 71.1 Å². The van der Waals surface area contributed by atoms with Gasteiger partial charge in [-0.15, -0.1) is 0 Å². The Morgan fingerprint density at radius 1 is 1.38 bits per heavy atom. The lowest BCUT2D eigenvalue weighted by Crippen LogP contribution is -2.56. The third-order valence-electron chi connectivity index (χ3n) is 5.74. The smallest absolute Gasteiger partial charge is 0.237 e. The van der Waals surface area contributed by atoms with Crippen molar-refractivity contribution < 1.29 is 23.5 Å². The van der Waals surface area contributed by atoms with Gasteiger partial charge in [-0.3, -0.25) is 14.5 Å². The van der Waals surface area contributed by atoms with Crippen LogP contribution in [0.5, 0.6) is 5.75 Å². The lowest BCUT2D eigenvalue weighted by molar-refractivity contribution is -0.138. The zero-order chi connectivity index (χ0) is 20.8. The summed E-state index contributed by atoms with van der Waals surface area (Å²) in [5.41, 5.74) is 0.480. The molecule has 1 N–H and O–H groups in total. The van der Waals surface area contributed by atoms with Gasteiger partial charge in [0.1, 0.15) is 11.6 Å². The van der Waals surface area contributed by atoms with Crippen LogP contribution in [-0.4, -0.2) is 74.7 Å². The number of ether oxygens (including phenoxy) is 2. The Balaban J connectivity index is 1.63. The van der Waals surface area contributed by atoms with Crippen LogP contribution in [0.3, 0.4) is 0 Å². The molecule has 2 fully saturated rings. The van der Waals surface area contributed by atoms with E-state index in [4.69, 9.17) is 9.47 Å². The van der Waals surface area contributed by atoms with Gasteiger partial charge in [-0.25, -0.2) is 4.39 Å². The standard InChI is InChI=1S/C21H30FN3O4/c1-24(13-15-5-9-29-10-6-15)20(26)12-19-21(27)23-7-8-25(19)14-16-3-4-17(28-2)11-18(16)22/h3-4,11,15,19H,5-10,12-14H2,1-2H3,(H,23,27)/t19-/m0/s1. The number of hydrogen-bond acceptors (Lipinski definition) is 5. The van der Waals surface area contributed by atoms with Crippen LogP contribution in [-0.2, 0) is 20.9 Å². The molecule has 0 aromatic heterocycles. The van der Waals surface area contributed by atoms with Crippen molar-refractivity contribution in [3.63, 3.8) is 0 Å². The number of rotatable bonds is 7. The second-order valence-electron chi connectivity index (χ2n) is 7.77. The molecule has 0 bridgehead atoms. The first-order valence-electron chi connectivity index (χ1n) is 10.1. The maximum absolute atomic E-state index is 14.4. The number of carbonyl (C=O) groups is 2. The van der Waals surface area contributed by atoms with Crippen LogP contribution < -0.4 is 10.1 Å². The number of nitrogens with zero attached hydrogens (tertiary/aromatic N) is 2. The molecule has 8 heteroatoms. The van der Waals surface area contributed by atoms with Crippen LogP contribution in [0.25, 0.3) is 0 Å². The summed E-state index contributed by atoms with van der Waals surface area (Å²) in [6, 6.07) is 4.09. The van der Waals surface area contributed by atoms with Gasteiger partial charge < -0.3 is 19.7 Å². The van der Waals surface area contributed by atoms with Crippen LogP contribution in [0.1, 0.15) is 24.8 Å². The third kappa shape index (κ3) is 5.67. The molecule has 2 amide bonds. The molecule has 2 saturated heterocycles. The Morgan fingerprint density at radius 2 is 2.14 bits per heavy atom. The molecular formula is C21H30FN3O4. The van der Waals surface area contributed by atoms with Crippen LogP contribution in [0.4, 0.5) is 4.39 Å². The normalized spacial score (nSPS) is 20.9. The van der Waals surface area contributed by atoms with Crippen LogP contribution in [0.15, 0.2) is 18.2 Å². The minimum Gasteiger partial charge on any atom is -0.497 e. The maximum Gasteiger partial charge on any atom is 0.237 e. The summed E-state index contributed by atoms with van der Waals surface area (Å²) in [4.78, 5) is 28.8. The van der Waals surface area contributed by atoms with Gasteiger partial charge >= 0.3 is 0 Å². The largest absolute Gasteiger partial charge is 0.497 e. The van der Waals surface area contributed by atoms with E-state index in [1.54, 1.807) is 24.1 Å². The van der Waals surface area contributed by atoms with Gasteiger partial charge in [-0.1, -0.05) is 6.07 Å². The van der Waals surface area contributed by atoms with Crippen LogP contribution >= 0.6 is 0 Å². The zero-order valence-electron chi connectivity index (χ0n) is 17.2. The molecule has 0 unspecified atom stereocenters. The highest BCUT2D eigenvalue weighted by Crippen LogP contribution is 2.21. The van der Waals surface area contributed by atoms with Crippen molar-refractivity contribution in [2.45, 2.75) is 31.8 Å². The number of carbonyl (C=O) groups excluding carboxylic acids is 2. The number of halogens is 1. The average Bonchev–Trinajstić information content (AvgIpc) is 2.72. The van der Waals surface area contributed by atoms with Crippen molar-refractivity contribution >= 4 is 11.8 Å². The third-order valence-corrected chi connectivity index (χ3v) is 5.74. The summed E-state index contributed by atoms with van der Waals surface area (Å²) >= 11 is 0. The lowest BCUT2D eigenvalue weighted by Gasteiger charge is -2.36. The van der Waals surface area contributed by atoms with E-state index in [2.05, 4.69) is 5.32 Å². The first-order chi connectivity index (χ1) is 14.0. The number of hydrogen-bond donors (Lipinski definition) is 1. The molecule has 1 atom stereocenters. The quantitative estimate of drug-likeness (QED) is 0.740. The molecule has 7 nitrogen and oxygen atoms in total. The molecule has 1 aromatic carbocycles. The molecule has 29 heavy (non-hydrogen) atoms. The maximum atomic E-state index is 14.4. The second-order valence-corrected chi connectivity index (χ2v) is 7.77. The van der Waals surface area contributed by atoms with E-state index in [9.17, 15) is 14.0 Å². The predicted octanol–water partition coefficient (Wildman–Crippen LogP) is 1.41. The van der Waals surface area contributed by atoms with Crippen molar-refractivity contribution in [2.75, 3.05) is 47.0 Å². The van der Waals surface area contributed by atoms with Gasteiger partial charge in [0.15, 0.2) is 0 Å². The molecule has 0 aliphatic carbocycles. The monoisotopic (exact) mass is 407 g/mol. The highest BCUT2D eigenvalue weighted by Gasteiger charge is 2.33. The molecule has 0 radical (unpaired) electrons. The SMILES string of the molecule is COc1ccc(CN2CCNC(=O)[C@@H]2CC(=O)N(C)CC2CCOCC2)c(F)c1. The van der Waals surface area contributed by atoms with Gasteiger partial charge in [0, 0.05) is 58.1 Å². The Bertz CT molecular complexity index is 724. The molecule has 160 valence electrons. The Morgan fingerprint density at radius 3 is 2.83 bits per heavy atom. The van der Waals surface area contributed by atoms with Gasteiger partial charge in [-0.2, -0.15) is 0 Å². The summed E-state index contributed by atoms with van der Waals surface area (Å²) in [7, 11) is 3.27. The minimum atomic E-state index is -0.602. The molecular weight excluding hydrogens is 377 g/mol. The number of nitrogens with one attached hydrogen (secondary N) is 1.